The molecule has 0 unspecified atom stereocenters. The summed E-state index contributed by atoms with van der Waals surface area (Å²) in [7, 11) is 1.08. The standard InChI is InChI=1S/C28H53N3O6S/c1-10-16-31(14-5)19-21-37-25(11-2)15-17-29(7)28(32)23-36-20-18-30(8)38(33,34)27(13-4)24(6)22-26(12-3)35-9/h12-13,22,25H,10-11,14-21,23H2,1-9H3/b24-22-,26-12+,27-13-/t25-/m0/s1. The lowest BCUT2D eigenvalue weighted by atomic mass is 10.2. The van der Waals surface area contributed by atoms with E-state index in [1.54, 1.807) is 44.0 Å². The molecule has 0 aromatic rings. The van der Waals surface area contributed by atoms with E-state index in [4.69, 9.17) is 14.2 Å². The number of hydrogen-bond acceptors (Lipinski definition) is 7. The number of allylic oxidation sites excluding steroid dienone is 4. The van der Waals surface area contributed by atoms with E-state index in [2.05, 4.69) is 25.7 Å². The monoisotopic (exact) mass is 559 g/mol. The summed E-state index contributed by atoms with van der Waals surface area (Å²) in [6.07, 6.45) is 7.91. The van der Waals surface area contributed by atoms with Gasteiger partial charge in [0.15, 0.2) is 0 Å². The van der Waals surface area contributed by atoms with E-state index in [0.717, 1.165) is 38.9 Å². The first-order valence-electron chi connectivity index (χ1n) is 13.7. The molecule has 10 heteroatoms. The van der Waals surface area contributed by atoms with Crippen molar-refractivity contribution in [3.63, 3.8) is 0 Å². The summed E-state index contributed by atoms with van der Waals surface area (Å²) in [5.41, 5.74) is 0.574. The van der Waals surface area contributed by atoms with E-state index >= 15 is 0 Å². The molecule has 0 aliphatic heterocycles. The third-order valence-corrected chi connectivity index (χ3v) is 8.53. The number of likely N-dealkylation sites (N-methyl/N-ethyl adjacent to an activating group) is 3. The summed E-state index contributed by atoms with van der Waals surface area (Å²) in [5.74, 6) is 0.439. The molecule has 0 aromatic carbocycles. The van der Waals surface area contributed by atoms with E-state index in [1.165, 1.54) is 18.5 Å². The van der Waals surface area contributed by atoms with Crippen LogP contribution in [-0.4, -0.2) is 108 Å². The maximum atomic E-state index is 13.0. The van der Waals surface area contributed by atoms with Crippen molar-refractivity contribution >= 4 is 15.9 Å². The van der Waals surface area contributed by atoms with Crippen molar-refractivity contribution in [1.29, 1.82) is 0 Å². The summed E-state index contributed by atoms with van der Waals surface area (Å²) in [5, 5.41) is 0. The number of carbonyl (C=O) groups excluding carboxylic acids is 1. The Bertz CT molecular complexity index is 870. The zero-order chi connectivity index (χ0) is 29.1. The molecule has 9 nitrogen and oxygen atoms in total. The van der Waals surface area contributed by atoms with Gasteiger partial charge in [-0.3, -0.25) is 4.79 Å². The number of methoxy groups -OCH3 is 1. The molecule has 0 rings (SSSR count). The molecule has 1 amide bonds. The zero-order valence-corrected chi connectivity index (χ0v) is 26.1. The van der Waals surface area contributed by atoms with E-state index < -0.39 is 10.0 Å². The van der Waals surface area contributed by atoms with Gasteiger partial charge in [-0.2, -0.15) is 4.31 Å². The van der Waals surface area contributed by atoms with Crippen molar-refractivity contribution in [2.45, 2.75) is 66.9 Å². The summed E-state index contributed by atoms with van der Waals surface area (Å²) in [6, 6.07) is 0. The summed E-state index contributed by atoms with van der Waals surface area (Å²) >= 11 is 0. The summed E-state index contributed by atoms with van der Waals surface area (Å²) < 4.78 is 44.1. The number of carbonyl (C=O) groups is 1. The van der Waals surface area contributed by atoms with Crippen LogP contribution in [0, 0.1) is 0 Å². The van der Waals surface area contributed by atoms with Gasteiger partial charge >= 0.3 is 0 Å². The molecule has 0 heterocycles. The molecule has 0 saturated heterocycles. The van der Waals surface area contributed by atoms with Crippen molar-refractivity contribution in [3.05, 3.63) is 34.5 Å². The Kier molecular flexibility index (Phi) is 19.3. The zero-order valence-electron chi connectivity index (χ0n) is 25.3. The van der Waals surface area contributed by atoms with Gasteiger partial charge in [-0.1, -0.05) is 26.8 Å². The van der Waals surface area contributed by atoms with Gasteiger partial charge in [0.05, 0.1) is 31.3 Å². The minimum atomic E-state index is -3.72. The van der Waals surface area contributed by atoms with Crippen LogP contribution in [0.5, 0.6) is 0 Å². The molecule has 222 valence electrons. The number of nitrogens with zero attached hydrogens (tertiary/aromatic N) is 3. The predicted octanol–water partition coefficient (Wildman–Crippen LogP) is 4.04. The Morgan fingerprint density at radius 3 is 2.18 bits per heavy atom. The molecule has 0 aliphatic rings. The Hall–Kier alpha value is -1.72. The first-order chi connectivity index (χ1) is 18.0. The van der Waals surface area contributed by atoms with Gasteiger partial charge in [0.25, 0.3) is 0 Å². The molecule has 0 aromatic heterocycles. The third kappa shape index (κ3) is 13.4. The molecule has 0 spiro atoms. The van der Waals surface area contributed by atoms with Gasteiger partial charge in [0.1, 0.15) is 12.4 Å². The highest BCUT2D eigenvalue weighted by Gasteiger charge is 2.24. The quantitative estimate of drug-likeness (QED) is 0.119. The second-order valence-corrected chi connectivity index (χ2v) is 11.2. The fourth-order valence-corrected chi connectivity index (χ4v) is 5.25. The predicted molar refractivity (Wildman–Crippen MR) is 155 cm³/mol. The van der Waals surface area contributed by atoms with Crippen LogP contribution in [0.3, 0.4) is 0 Å². The maximum absolute atomic E-state index is 13.0. The third-order valence-electron chi connectivity index (χ3n) is 6.41. The minimum Gasteiger partial charge on any atom is -0.497 e. The Balaban J connectivity index is 4.61. The van der Waals surface area contributed by atoms with Gasteiger partial charge in [0, 0.05) is 33.7 Å². The fraction of sp³-hybridized carbons (Fsp3) is 0.750. The normalized spacial score (nSPS) is 14.3. The number of sulfonamides is 1. The first-order valence-corrected chi connectivity index (χ1v) is 15.1. The molecule has 0 saturated carbocycles. The molecule has 0 bridgehead atoms. The number of rotatable bonds is 21. The van der Waals surface area contributed by atoms with E-state index in [0.29, 0.717) is 24.5 Å². The van der Waals surface area contributed by atoms with Crippen molar-refractivity contribution in [3.8, 4) is 0 Å². The van der Waals surface area contributed by atoms with Crippen LogP contribution in [0.1, 0.15) is 60.8 Å². The van der Waals surface area contributed by atoms with Crippen LogP contribution >= 0.6 is 0 Å². The van der Waals surface area contributed by atoms with Crippen LogP contribution in [-0.2, 0) is 29.0 Å². The van der Waals surface area contributed by atoms with Crippen LogP contribution in [0.15, 0.2) is 34.5 Å². The second-order valence-electron chi connectivity index (χ2n) is 9.19. The Labute approximate surface area is 232 Å². The highest BCUT2D eigenvalue weighted by molar-refractivity contribution is 7.93. The molecule has 0 N–H and O–H groups in total. The highest BCUT2D eigenvalue weighted by Crippen LogP contribution is 2.21. The van der Waals surface area contributed by atoms with Gasteiger partial charge in [-0.25, -0.2) is 8.42 Å². The van der Waals surface area contributed by atoms with Gasteiger partial charge in [-0.15, -0.1) is 0 Å². The highest BCUT2D eigenvalue weighted by atomic mass is 32.2. The lowest BCUT2D eigenvalue weighted by Gasteiger charge is -2.24. The first kappa shape index (κ1) is 36.3. The molecule has 38 heavy (non-hydrogen) atoms. The average molecular weight is 560 g/mol. The average Bonchev–Trinajstić information content (AvgIpc) is 2.90. The van der Waals surface area contributed by atoms with Gasteiger partial charge < -0.3 is 24.0 Å². The molecule has 1 atom stereocenters. The van der Waals surface area contributed by atoms with Crippen molar-refractivity contribution in [2.75, 3.05) is 73.7 Å². The van der Waals surface area contributed by atoms with Gasteiger partial charge in [0.2, 0.25) is 15.9 Å². The second kappa shape index (κ2) is 20.2. The molecular formula is C28H53N3O6S. The van der Waals surface area contributed by atoms with E-state index in [-0.39, 0.29) is 36.7 Å². The molecule has 0 fully saturated rings. The van der Waals surface area contributed by atoms with Crippen LogP contribution in [0.25, 0.3) is 0 Å². The van der Waals surface area contributed by atoms with Crippen molar-refractivity contribution in [2.24, 2.45) is 0 Å². The number of ether oxygens (including phenoxy) is 3. The Morgan fingerprint density at radius 2 is 1.66 bits per heavy atom. The molecule has 0 aliphatic carbocycles. The smallest absolute Gasteiger partial charge is 0.248 e. The minimum absolute atomic E-state index is 0.0988. The lowest BCUT2D eigenvalue weighted by Crippen LogP contribution is -2.35. The van der Waals surface area contributed by atoms with E-state index in [9.17, 15) is 13.2 Å². The molecular weight excluding hydrogens is 506 g/mol. The lowest BCUT2D eigenvalue weighted by molar-refractivity contribution is -0.135. The van der Waals surface area contributed by atoms with Gasteiger partial charge in [-0.05, 0) is 70.8 Å². The topological polar surface area (TPSA) is 88.6 Å². The van der Waals surface area contributed by atoms with Crippen molar-refractivity contribution < 1.29 is 27.4 Å². The number of amides is 1. The fourth-order valence-electron chi connectivity index (χ4n) is 3.84. The summed E-state index contributed by atoms with van der Waals surface area (Å²) in [4.78, 5) is 16.7. The maximum Gasteiger partial charge on any atom is 0.248 e. The van der Waals surface area contributed by atoms with Crippen LogP contribution in [0.2, 0.25) is 0 Å². The number of hydrogen-bond donors (Lipinski definition) is 0. The van der Waals surface area contributed by atoms with Crippen LogP contribution < -0.4 is 0 Å². The SMILES string of the molecule is C/C=C(/C(C)=C\C(=C/C)OC)S(=O)(=O)N(C)CCOCC(=O)N(C)CC[C@H](CC)OCCN(CC)CCC. The van der Waals surface area contributed by atoms with Crippen LogP contribution in [0.4, 0.5) is 0 Å². The molecule has 0 radical (unpaired) electrons. The van der Waals surface area contributed by atoms with Crippen molar-refractivity contribution in [1.82, 2.24) is 14.1 Å². The van der Waals surface area contributed by atoms with E-state index in [1.807, 2.05) is 6.92 Å². The summed E-state index contributed by atoms with van der Waals surface area (Å²) in [6.45, 7) is 16.1. The largest absolute Gasteiger partial charge is 0.497 e. The Morgan fingerprint density at radius 1 is 0.974 bits per heavy atom.